The van der Waals surface area contributed by atoms with Crippen LogP contribution in [0.1, 0.15) is 22.9 Å². The number of rotatable bonds is 5. The summed E-state index contributed by atoms with van der Waals surface area (Å²) in [5, 5.41) is 0.721. The van der Waals surface area contributed by atoms with E-state index in [0.29, 0.717) is 19.1 Å². The van der Waals surface area contributed by atoms with Crippen molar-refractivity contribution in [1.29, 1.82) is 0 Å². The van der Waals surface area contributed by atoms with Crippen LogP contribution in [0.3, 0.4) is 0 Å². The van der Waals surface area contributed by atoms with Gasteiger partial charge in [0.05, 0.1) is 13.2 Å². The van der Waals surface area contributed by atoms with Gasteiger partial charge in [-0.25, -0.2) is 9.37 Å². The molecule has 1 fully saturated rings. The lowest BCUT2D eigenvalue weighted by Crippen LogP contribution is -2.32. The van der Waals surface area contributed by atoms with E-state index in [1.54, 1.807) is 12.1 Å². The molecule has 4 nitrogen and oxygen atoms in total. The second-order valence-corrected chi connectivity index (χ2v) is 8.78. The van der Waals surface area contributed by atoms with E-state index in [1.807, 2.05) is 49.4 Å². The number of halogens is 2. The smallest absolute Gasteiger partial charge is 0.213 e. The summed E-state index contributed by atoms with van der Waals surface area (Å²) in [6, 6.07) is 18.6. The quantitative estimate of drug-likeness (QED) is 0.531. The topological polar surface area (TPSA) is 34.6 Å². The van der Waals surface area contributed by atoms with E-state index < -0.39 is 0 Å². The van der Waals surface area contributed by atoms with Gasteiger partial charge in [0.25, 0.3) is 0 Å². The van der Waals surface area contributed by atoms with E-state index in [0.717, 1.165) is 35.1 Å². The number of aryl methyl sites for hydroxylation is 1. The number of hydrogen-bond acceptors (Lipinski definition) is 4. The fourth-order valence-electron chi connectivity index (χ4n) is 4.76. The molecule has 0 N–H and O–H groups in total. The Hall–Kier alpha value is -2.63. The van der Waals surface area contributed by atoms with Crippen LogP contribution < -0.4 is 9.47 Å². The predicted octanol–water partition coefficient (Wildman–Crippen LogP) is 5.44. The fraction of sp³-hybridized carbons (Fsp3) is 0.320. The lowest BCUT2D eigenvalue weighted by atomic mass is 9.85. The minimum Gasteiger partial charge on any atom is -0.493 e. The summed E-state index contributed by atoms with van der Waals surface area (Å²) in [6.45, 7) is 4.68. The third-order valence-electron chi connectivity index (χ3n) is 6.20. The van der Waals surface area contributed by atoms with E-state index in [1.165, 1.54) is 11.6 Å². The third-order valence-corrected chi connectivity index (χ3v) is 6.45. The number of likely N-dealkylation sites (tertiary alicyclic amines) is 1. The van der Waals surface area contributed by atoms with Gasteiger partial charge < -0.3 is 9.47 Å². The molecule has 2 aliphatic rings. The number of ether oxygens (including phenoxy) is 2. The van der Waals surface area contributed by atoms with Crippen molar-refractivity contribution in [2.75, 3.05) is 19.8 Å². The number of pyridine rings is 1. The summed E-state index contributed by atoms with van der Waals surface area (Å²) >= 11 is 6.06. The molecule has 1 saturated heterocycles. The highest BCUT2D eigenvalue weighted by atomic mass is 35.5. The molecule has 3 heterocycles. The van der Waals surface area contributed by atoms with Crippen LogP contribution in [-0.4, -0.2) is 29.6 Å². The Kier molecular flexibility index (Phi) is 5.55. The van der Waals surface area contributed by atoms with Crippen LogP contribution in [-0.2, 0) is 6.54 Å². The third kappa shape index (κ3) is 4.25. The Bertz CT molecular complexity index is 1080. The van der Waals surface area contributed by atoms with Gasteiger partial charge in [0, 0.05) is 53.3 Å². The van der Waals surface area contributed by atoms with Crippen molar-refractivity contribution in [3.8, 4) is 11.6 Å². The number of nitrogens with zero attached hydrogens (tertiary/aromatic N) is 2. The highest BCUT2D eigenvalue weighted by Gasteiger charge is 2.46. The lowest BCUT2D eigenvalue weighted by Gasteiger charge is -2.34. The zero-order chi connectivity index (χ0) is 21.4. The second-order valence-electron chi connectivity index (χ2n) is 8.35. The van der Waals surface area contributed by atoms with Gasteiger partial charge in [-0.2, -0.15) is 0 Å². The van der Waals surface area contributed by atoms with Crippen LogP contribution in [0.2, 0.25) is 5.02 Å². The molecular formula is C25H24ClFN2O2. The van der Waals surface area contributed by atoms with Gasteiger partial charge in [-0.1, -0.05) is 29.8 Å². The molecule has 0 radical (unpaired) electrons. The van der Waals surface area contributed by atoms with Gasteiger partial charge in [-0.15, -0.1) is 0 Å². The zero-order valence-corrected chi connectivity index (χ0v) is 18.1. The van der Waals surface area contributed by atoms with E-state index in [-0.39, 0.29) is 23.7 Å². The molecule has 160 valence electrons. The molecule has 31 heavy (non-hydrogen) atoms. The summed E-state index contributed by atoms with van der Waals surface area (Å²) in [5.41, 5.74) is 3.02. The first-order valence-corrected chi connectivity index (χ1v) is 10.9. The highest BCUT2D eigenvalue weighted by Crippen LogP contribution is 2.48. The van der Waals surface area contributed by atoms with Gasteiger partial charge in [0.1, 0.15) is 11.6 Å². The van der Waals surface area contributed by atoms with E-state index in [4.69, 9.17) is 21.1 Å². The van der Waals surface area contributed by atoms with Crippen LogP contribution in [0.25, 0.3) is 0 Å². The predicted molar refractivity (Wildman–Crippen MR) is 118 cm³/mol. The fourth-order valence-corrected chi connectivity index (χ4v) is 4.88. The van der Waals surface area contributed by atoms with E-state index >= 15 is 0 Å². The van der Waals surface area contributed by atoms with Crippen molar-refractivity contribution in [2.24, 2.45) is 11.8 Å². The second kappa shape index (κ2) is 8.48. The lowest BCUT2D eigenvalue weighted by molar-refractivity contribution is 0.121. The molecule has 0 unspecified atom stereocenters. The van der Waals surface area contributed by atoms with Crippen molar-refractivity contribution in [1.82, 2.24) is 9.88 Å². The van der Waals surface area contributed by atoms with Crippen molar-refractivity contribution < 1.29 is 13.9 Å². The Balaban J connectivity index is 1.41. The van der Waals surface area contributed by atoms with Crippen LogP contribution in [0, 0.1) is 24.6 Å². The van der Waals surface area contributed by atoms with Crippen molar-refractivity contribution in [3.05, 3.63) is 88.3 Å². The first kappa shape index (κ1) is 20.3. The van der Waals surface area contributed by atoms with Gasteiger partial charge in [-0.05, 0) is 48.9 Å². The average molecular weight is 439 g/mol. The molecular weight excluding hydrogens is 415 g/mol. The zero-order valence-electron chi connectivity index (χ0n) is 17.3. The maximum Gasteiger partial charge on any atom is 0.213 e. The molecule has 5 rings (SSSR count). The van der Waals surface area contributed by atoms with Crippen molar-refractivity contribution >= 4 is 11.6 Å². The van der Waals surface area contributed by atoms with Gasteiger partial charge in [0.2, 0.25) is 5.88 Å². The van der Waals surface area contributed by atoms with Gasteiger partial charge in [-0.3, -0.25) is 4.90 Å². The van der Waals surface area contributed by atoms with Gasteiger partial charge in [0.15, 0.2) is 0 Å². The normalized spacial score (nSPS) is 22.5. The molecule has 2 aliphatic heterocycles. The maximum absolute atomic E-state index is 14.1. The molecule has 2 aromatic carbocycles. The molecule has 0 bridgehead atoms. The van der Waals surface area contributed by atoms with Crippen LogP contribution in [0.15, 0.2) is 60.7 Å². The van der Waals surface area contributed by atoms with Crippen LogP contribution in [0.5, 0.6) is 11.6 Å². The number of hydrogen-bond donors (Lipinski definition) is 0. The maximum atomic E-state index is 14.1. The minimum absolute atomic E-state index is 0.0780. The molecule has 6 heteroatoms. The average Bonchev–Trinajstić information content (AvgIpc) is 3.12. The SMILES string of the molecule is Cc1cccc(OC[C@@H]2CN(Cc3ccc(Cl)cc3)[C@H]3c4cc(F)ccc4OC[C@@H]23)n1. The first-order valence-electron chi connectivity index (χ1n) is 10.5. The molecule has 0 spiro atoms. The minimum atomic E-state index is -0.238. The summed E-state index contributed by atoms with van der Waals surface area (Å²) in [6.07, 6.45) is 0. The monoisotopic (exact) mass is 438 g/mol. The Morgan fingerprint density at radius 3 is 2.81 bits per heavy atom. The first-order chi connectivity index (χ1) is 15.1. The summed E-state index contributed by atoms with van der Waals surface area (Å²) in [5.74, 6) is 1.63. The molecule has 0 aliphatic carbocycles. The highest BCUT2D eigenvalue weighted by molar-refractivity contribution is 6.30. The molecule has 3 atom stereocenters. The standard InChI is InChI=1S/C25H24ClFN2O2/c1-16-3-2-4-24(28-16)31-14-18-13-29(12-17-5-7-19(26)8-6-17)25-21-11-20(27)9-10-23(21)30-15-22(18)25/h2-11,18,22,25H,12-15H2,1H3/t18-,22-,25-/m0/s1. The van der Waals surface area contributed by atoms with Crippen LogP contribution >= 0.6 is 11.6 Å². The number of benzene rings is 2. The van der Waals surface area contributed by atoms with Crippen molar-refractivity contribution in [2.45, 2.75) is 19.5 Å². The summed E-state index contributed by atoms with van der Waals surface area (Å²) < 4.78 is 26.2. The Morgan fingerprint density at radius 1 is 1.16 bits per heavy atom. The summed E-state index contributed by atoms with van der Waals surface area (Å²) in [7, 11) is 0. The van der Waals surface area contributed by atoms with Gasteiger partial charge >= 0.3 is 0 Å². The number of fused-ring (bicyclic) bond motifs is 3. The molecule has 0 amide bonds. The largest absolute Gasteiger partial charge is 0.493 e. The van der Waals surface area contributed by atoms with E-state index in [2.05, 4.69) is 9.88 Å². The van der Waals surface area contributed by atoms with E-state index in [9.17, 15) is 4.39 Å². The van der Waals surface area contributed by atoms with Crippen LogP contribution in [0.4, 0.5) is 4.39 Å². The molecule has 1 aromatic heterocycles. The Morgan fingerprint density at radius 2 is 2.00 bits per heavy atom. The molecule has 3 aromatic rings. The number of aromatic nitrogens is 1. The summed E-state index contributed by atoms with van der Waals surface area (Å²) in [4.78, 5) is 6.86. The molecule has 0 saturated carbocycles. The van der Waals surface area contributed by atoms with Crippen molar-refractivity contribution in [3.63, 3.8) is 0 Å². The Labute approximate surface area is 186 Å².